The summed E-state index contributed by atoms with van der Waals surface area (Å²) in [6.45, 7) is 0.287. The van der Waals surface area contributed by atoms with E-state index in [1.165, 1.54) is 0 Å². The van der Waals surface area contributed by atoms with Crippen LogP contribution in [0.2, 0.25) is 0 Å². The first-order chi connectivity index (χ1) is 6.77. The van der Waals surface area contributed by atoms with Crippen LogP contribution < -0.4 is 16.4 Å². The number of rotatable bonds is 4. The van der Waals surface area contributed by atoms with Gasteiger partial charge in [0.05, 0.1) is 6.04 Å². The number of carbonyl (C=O) groups excluding carboxylic acids is 1. The maximum Gasteiger partial charge on any atom is 0.242 e. The quantitative estimate of drug-likeness (QED) is 0.638. The minimum absolute atomic E-state index is 0.110. The molecule has 0 aromatic heterocycles. The fraction of sp³-hybridized carbons (Fsp3) is 0.300. The molecule has 4 heteroatoms. The zero-order valence-electron chi connectivity index (χ0n) is 8.16. The molecule has 4 N–H and O–H groups in total. The molecule has 1 amide bonds. The summed E-state index contributed by atoms with van der Waals surface area (Å²) in [7, 11) is 1.71. The lowest BCUT2D eigenvalue weighted by atomic mass is 10.2. The van der Waals surface area contributed by atoms with Crippen LogP contribution in [0.1, 0.15) is 0 Å². The van der Waals surface area contributed by atoms with Crippen LogP contribution in [0.25, 0.3) is 0 Å². The Kier molecular flexibility index (Phi) is 4.10. The highest BCUT2D eigenvalue weighted by Crippen LogP contribution is 2.04. The zero-order valence-corrected chi connectivity index (χ0v) is 8.16. The molecule has 0 spiro atoms. The van der Waals surface area contributed by atoms with Crippen molar-refractivity contribution in [2.75, 3.05) is 18.9 Å². The number of benzene rings is 1. The first kappa shape index (κ1) is 10.7. The number of hydrogen-bond acceptors (Lipinski definition) is 3. The minimum atomic E-state index is -0.338. The van der Waals surface area contributed by atoms with E-state index in [1.54, 1.807) is 7.05 Å². The van der Waals surface area contributed by atoms with Gasteiger partial charge >= 0.3 is 0 Å². The van der Waals surface area contributed by atoms with Gasteiger partial charge in [-0.05, 0) is 19.2 Å². The van der Waals surface area contributed by atoms with Gasteiger partial charge in [0.1, 0.15) is 0 Å². The van der Waals surface area contributed by atoms with E-state index in [0.29, 0.717) is 0 Å². The molecule has 1 atom stereocenters. The van der Waals surface area contributed by atoms with Crippen molar-refractivity contribution in [3.63, 3.8) is 0 Å². The largest absolute Gasteiger partial charge is 0.328 e. The smallest absolute Gasteiger partial charge is 0.242 e. The number of nitrogens with one attached hydrogen (secondary N) is 2. The fourth-order valence-corrected chi connectivity index (χ4v) is 1.11. The van der Waals surface area contributed by atoms with Crippen molar-refractivity contribution in [2.45, 2.75) is 6.04 Å². The average molecular weight is 193 g/mol. The van der Waals surface area contributed by atoms with E-state index in [4.69, 9.17) is 5.73 Å². The van der Waals surface area contributed by atoms with Crippen molar-refractivity contribution in [3.05, 3.63) is 30.3 Å². The van der Waals surface area contributed by atoms with E-state index in [1.807, 2.05) is 30.3 Å². The molecule has 0 unspecified atom stereocenters. The lowest BCUT2D eigenvalue weighted by molar-refractivity contribution is -0.117. The standard InChI is InChI=1S/C10H15N3O/c1-12-9(7-11)10(14)13-8-5-3-2-4-6-8/h2-6,9,12H,7,11H2,1H3,(H,13,14)/t9-/m0/s1. The molecule has 0 radical (unpaired) electrons. The predicted octanol–water partition coefficient (Wildman–Crippen LogP) is 0.172. The molecule has 76 valence electrons. The second-order valence-corrected chi connectivity index (χ2v) is 2.93. The maximum atomic E-state index is 11.5. The molecule has 0 aliphatic carbocycles. The van der Waals surface area contributed by atoms with Crippen molar-refractivity contribution in [1.82, 2.24) is 5.32 Å². The highest BCUT2D eigenvalue weighted by atomic mass is 16.2. The van der Waals surface area contributed by atoms with Crippen LogP contribution in [0, 0.1) is 0 Å². The highest BCUT2D eigenvalue weighted by molar-refractivity contribution is 5.94. The summed E-state index contributed by atoms with van der Waals surface area (Å²) in [6, 6.07) is 8.96. The van der Waals surface area contributed by atoms with Crippen LogP contribution in [0.15, 0.2) is 30.3 Å². The Morgan fingerprint density at radius 2 is 2.07 bits per heavy atom. The average Bonchev–Trinajstić information content (AvgIpc) is 2.21. The second kappa shape index (κ2) is 5.36. The predicted molar refractivity (Wildman–Crippen MR) is 57.0 cm³/mol. The van der Waals surface area contributed by atoms with E-state index in [-0.39, 0.29) is 18.5 Å². The van der Waals surface area contributed by atoms with Gasteiger partial charge < -0.3 is 16.4 Å². The Balaban J connectivity index is 2.57. The van der Waals surface area contributed by atoms with Crippen molar-refractivity contribution >= 4 is 11.6 Å². The molecule has 0 saturated carbocycles. The molecule has 1 rings (SSSR count). The Labute approximate surface area is 83.5 Å². The van der Waals surface area contributed by atoms with Crippen LogP contribution in [0.4, 0.5) is 5.69 Å². The highest BCUT2D eigenvalue weighted by Gasteiger charge is 2.13. The summed E-state index contributed by atoms with van der Waals surface area (Å²) in [5.74, 6) is -0.110. The summed E-state index contributed by atoms with van der Waals surface area (Å²) in [4.78, 5) is 11.5. The van der Waals surface area contributed by atoms with Gasteiger partial charge in [0.2, 0.25) is 5.91 Å². The van der Waals surface area contributed by atoms with Crippen molar-refractivity contribution in [1.29, 1.82) is 0 Å². The molecular weight excluding hydrogens is 178 g/mol. The summed E-state index contributed by atoms with van der Waals surface area (Å²) < 4.78 is 0. The Bertz CT molecular complexity index is 283. The summed E-state index contributed by atoms with van der Waals surface area (Å²) >= 11 is 0. The number of amides is 1. The van der Waals surface area contributed by atoms with Crippen LogP contribution >= 0.6 is 0 Å². The first-order valence-corrected chi connectivity index (χ1v) is 4.51. The van der Waals surface area contributed by atoms with Gasteiger partial charge in [-0.3, -0.25) is 4.79 Å². The lowest BCUT2D eigenvalue weighted by Crippen LogP contribution is -2.43. The van der Waals surface area contributed by atoms with E-state index in [9.17, 15) is 4.79 Å². The van der Waals surface area contributed by atoms with E-state index < -0.39 is 0 Å². The number of likely N-dealkylation sites (N-methyl/N-ethyl adjacent to an activating group) is 1. The normalized spacial score (nSPS) is 12.1. The van der Waals surface area contributed by atoms with Crippen molar-refractivity contribution in [3.8, 4) is 0 Å². The molecule has 0 aliphatic rings. The van der Waals surface area contributed by atoms with Crippen molar-refractivity contribution in [2.24, 2.45) is 5.73 Å². The molecule has 1 aromatic carbocycles. The Hall–Kier alpha value is -1.39. The summed E-state index contributed by atoms with van der Waals surface area (Å²) in [5, 5.41) is 5.60. The zero-order chi connectivity index (χ0) is 10.4. The summed E-state index contributed by atoms with van der Waals surface area (Å²) in [5.41, 5.74) is 6.20. The number of para-hydroxylation sites is 1. The third kappa shape index (κ3) is 2.83. The number of nitrogens with two attached hydrogens (primary N) is 1. The van der Waals surface area contributed by atoms with Gasteiger partial charge in [0.15, 0.2) is 0 Å². The lowest BCUT2D eigenvalue weighted by Gasteiger charge is -2.13. The third-order valence-electron chi connectivity index (χ3n) is 1.94. The summed E-state index contributed by atoms with van der Waals surface area (Å²) in [6.07, 6.45) is 0. The van der Waals surface area contributed by atoms with Crippen LogP contribution in [-0.4, -0.2) is 25.5 Å². The third-order valence-corrected chi connectivity index (χ3v) is 1.94. The van der Waals surface area contributed by atoms with Gasteiger partial charge in [-0.15, -0.1) is 0 Å². The Morgan fingerprint density at radius 3 is 2.57 bits per heavy atom. The number of carbonyl (C=O) groups is 1. The molecule has 1 aromatic rings. The van der Waals surface area contributed by atoms with Gasteiger partial charge in [0, 0.05) is 12.2 Å². The SMILES string of the molecule is CN[C@@H](CN)C(=O)Nc1ccccc1. The van der Waals surface area contributed by atoms with Gasteiger partial charge in [-0.25, -0.2) is 0 Å². The maximum absolute atomic E-state index is 11.5. The fourth-order valence-electron chi connectivity index (χ4n) is 1.11. The molecule has 0 heterocycles. The monoisotopic (exact) mass is 193 g/mol. The molecule has 0 fully saturated rings. The van der Waals surface area contributed by atoms with Crippen molar-refractivity contribution < 1.29 is 4.79 Å². The molecular formula is C10H15N3O. The van der Waals surface area contributed by atoms with E-state index in [2.05, 4.69) is 10.6 Å². The molecule has 0 aliphatic heterocycles. The first-order valence-electron chi connectivity index (χ1n) is 4.51. The van der Waals surface area contributed by atoms with Crippen LogP contribution in [0.5, 0.6) is 0 Å². The molecule has 0 saturated heterocycles. The number of hydrogen-bond donors (Lipinski definition) is 3. The van der Waals surface area contributed by atoms with Crippen LogP contribution in [-0.2, 0) is 4.79 Å². The van der Waals surface area contributed by atoms with Gasteiger partial charge in [-0.2, -0.15) is 0 Å². The Morgan fingerprint density at radius 1 is 1.43 bits per heavy atom. The minimum Gasteiger partial charge on any atom is -0.328 e. The van der Waals surface area contributed by atoms with Gasteiger partial charge in [-0.1, -0.05) is 18.2 Å². The van der Waals surface area contributed by atoms with Crippen LogP contribution in [0.3, 0.4) is 0 Å². The molecule has 4 nitrogen and oxygen atoms in total. The molecule has 14 heavy (non-hydrogen) atoms. The van der Waals surface area contributed by atoms with E-state index >= 15 is 0 Å². The van der Waals surface area contributed by atoms with Gasteiger partial charge in [0.25, 0.3) is 0 Å². The second-order valence-electron chi connectivity index (χ2n) is 2.93. The molecule has 0 bridgehead atoms. The topological polar surface area (TPSA) is 67.1 Å². The van der Waals surface area contributed by atoms with E-state index in [0.717, 1.165) is 5.69 Å². The number of anilines is 1.